The Hall–Kier alpha value is -7.16. The van der Waals surface area contributed by atoms with E-state index in [9.17, 15) is 0 Å². The van der Waals surface area contributed by atoms with Crippen molar-refractivity contribution < 1.29 is 0 Å². The quantitative estimate of drug-likeness (QED) is 0.165. The van der Waals surface area contributed by atoms with Crippen LogP contribution in [0.3, 0.4) is 0 Å². The average molecular weight is 710 g/mol. The van der Waals surface area contributed by atoms with Gasteiger partial charge in [0.05, 0.1) is 34.0 Å². The Balaban J connectivity index is 1.02. The molecule has 0 fully saturated rings. The van der Waals surface area contributed by atoms with Crippen molar-refractivity contribution in [1.29, 1.82) is 0 Å². The summed E-state index contributed by atoms with van der Waals surface area (Å²) < 4.78 is 11.5. The SMILES string of the molecule is c1ccc(-c2nc(-c3ccc(-c4nc5ccccc5c5c4ccc4nsnc45)cc3)nc(-c3ccc(-n4c5ccccc5c5ccccc54)cc3)n2)cc1. The molecule has 252 valence electrons. The van der Waals surface area contributed by atoms with Crippen molar-refractivity contribution in [2.24, 2.45) is 0 Å². The zero-order valence-corrected chi connectivity index (χ0v) is 29.4. The van der Waals surface area contributed by atoms with Crippen LogP contribution in [0, 0.1) is 0 Å². The Morgan fingerprint density at radius 1 is 0.370 bits per heavy atom. The van der Waals surface area contributed by atoms with E-state index in [0.717, 1.165) is 66.3 Å². The van der Waals surface area contributed by atoms with Crippen LogP contribution in [0.2, 0.25) is 0 Å². The molecule has 0 aliphatic rings. The highest BCUT2D eigenvalue weighted by Gasteiger charge is 2.17. The largest absolute Gasteiger partial charge is 0.309 e. The van der Waals surface area contributed by atoms with Gasteiger partial charge in [-0.1, -0.05) is 109 Å². The predicted octanol–water partition coefficient (Wildman–Crippen LogP) is 11.3. The highest BCUT2D eigenvalue weighted by atomic mass is 32.1. The molecule has 0 saturated carbocycles. The number of aromatic nitrogens is 7. The second-order valence-electron chi connectivity index (χ2n) is 13.3. The van der Waals surface area contributed by atoms with E-state index < -0.39 is 0 Å². The highest BCUT2D eigenvalue weighted by Crippen LogP contribution is 2.37. The summed E-state index contributed by atoms with van der Waals surface area (Å²) in [5, 5.41) is 5.65. The van der Waals surface area contributed by atoms with Crippen LogP contribution < -0.4 is 0 Å². The third kappa shape index (κ3) is 4.88. The lowest BCUT2D eigenvalue weighted by molar-refractivity contribution is 1.07. The molecule has 0 N–H and O–H groups in total. The molecule has 11 aromatic rings. The van der Waals surface area contributed by atoms with E-state index >= 15 is 0 Å². The Morgan fingerprint density at radius 2 is 0.907 bits per heavy atom. The summed E-state index contributed by atoms with van der Waals surface area (Å²) in [5.74, 6) is 1.83. The number of pyridine rings is 1. The molecular formula is C46H27N7S. The Kier molecular flexibility index (Phi) is 6.90. The van der Waals surface area contributed by atoms with Crippen molar-refractivity contribution in [1.82, 2.24) is 33.3 Å². The Bertz CT molecular complexity index is 3150. The van der Waals surface area contributed by atoms with Gasteiger partial charge in [-0.15, -0.1) is 0 Å². The van der Waals surface area contributed by atoms with Crippen molar-refractivity contribution in [3.8, 4) is 51.1 Å². The Labute approximate surface area is 313 Å². The summed E-state index contributed by atoms with van der Waals surface area (Å²) in [6, 6.07) is 56.4. The van der Waals surface area contributed by atoms with Gasteiger partial charge in [0.1, 0.15) is 11.0 Å². The van der Waals surface area contributed by atoms with E-state index in [1.165, 1.54) is 33.5 Å². The molecule has 0 spiro atoms. The van der Waals surface area contributed by atoms with Crippen molar-refractivity contribution >= 4 is 66.2 Å². The van der Waals surface area contributed by atoms with Gasteiger partial charge in [-0.05, 0) is 54.6 Å². The van der Waals surface area contributed by atoms with Crippen LogP contribution in [0.5, 0.6) is 0 Å². The van der Waals surface area contributed by atoms with Gasteiger partial charge in [0, 0.05) is 54.9 Å². The molecule has 4 heterocycles. The first kappa shape index (κ1) is 30.5. The molecule has 0 bridgehead atoms. The maximum atomic E-state index is 5.15. The van der Waals surface area contributed by atoms with E-state index in [-0.39, 0.29) is 0 Å². The fourth-order valence-corrected chi connectivity index (χ4v) is 8.14. The molecule has 8 heteroatoms. The monoisotopic (exact) mass is 709 g/mol. The lowest BCUT2D eigenvalue weighted by Crippen LogP contribution is -2.00. The van der Waals surface area contributed by atoms with Crippen LogP contribution in [-0.4, -0.2) is 33.3 Å². The van der Waals surface area contributed by atoms with Crippen molar-refractivity contribution in [3.63, 3.8) is 0 Å². The van der Waals surface area contributed by atoms with E-state index in [4.69, 9.17) is 19.9 Å². The zero-order valence-electron chi connectivity index (χ0n) is 28.6. The summed E-state index contributed by atoms with van der Waals surface area (Å²) in [7, 11) is 0. The number of para-hydroxylation sites is 3. The third-order valence-corrected chi connectivity index (χ3v) is 10.7. The molecule has 0 radical (unpaired) electrons. The van der Waals surface area contributed by atoms with Gasteiger partial charge in [-0.2, -0.15) is 8.75 Å². The molecular weight excluding hydrogens is 683 g/mol. The van der Waals surface area contributed by atoms with Gasteiger partial charge < -0.3 is 4.57 Å². The molecule has 0 aliphatic heterocycles. The number of hydrogen-bond donors (Lipinski definition) is 0. The summed E-state index contributed by atoms with van der Waals surface area (Å²) in [5.41, 5.74) is 10.8. The van der Waals surface area contributed by atoms with Crippen LogP contribution in [0.15, 0.2) is 164 Å². The van der Waals surface area contributed by atoms with Crippen LogP contribution in [0.1, 0.15) is 0 Å². The molecule has 11 rings (SSSR count). The van der Waals surface area contributed by atoms with Crippen molar-refractivity contribution in [2.75, 3.05) is 0 Å². The standard InChI is InChI=1S/C46H27N7S/c1-2-10-29(11-3-1)44-48-45(50-46(49-44)31-22-24-32(25-23-31)53-39-16-8-5-12-33(39)34-13-6-9-17-40(34)53)30-20-18-28(19-21-30)42-36-26-27-38-43(52-54-51-38)41(36)35-14-4-7-15-37(35)47-42/h1-27H. The van der Waals surface area contributed by atoms with Gasteiger partial charge in [0.25, 0.3) is 0 Å². The molecule has 0 aliphatic carbocycles. The molecule has 7 nitrogen and oxygen atoms in total. The number of fused-ring (bicyclic) bond motifs is 8. The number of rotatable bonds is 5. The van der Waals surface area contributed by atoms with E-state index in [1.54, 1.807) is 0 Å². The van der Waals surface area contributed by atoms with Gasteiger partial charge in [-0.3, -0.25) is 0 Å². The predicted molar refractivity (Wildman–Crippen MR) is 220 cm³/mol. The summed E-state index contributed by atoms with van der Waals surface area (Å²) in [6.07, 6.45) is 0. The second kappa shape index (κ2) is 12.2. The average Bonchev–Trinajstić information content (AvgIpc) is 3.87. The first-order valence-electron chi connectivity index (χ1n) is 17.7. The second-order valence-corrected chi connectivity index (χ2v) is 13.8. The van der Waals surface area contributed by atoms with Gasteiger partial charge >= 0.3 is 0 Å². The smallest absolute Gasteiger partial charge is 0.164 e. The van der Waals surface area contributed by atoms with Gasteiger partial charge in [-0.25, -0.2) is 19.9 Å². The minimum Gasteiger partial charge on any atom is -0.309 e. The fraction of sp³-hybridized carbons (Fsp3) is 0. The Morgan fingerprint density at radius 3 is 1.57 bits per heavy atom. The first-order chi connectivity index (χ1) is 26.8. The summed E-state index contributed by atoms with van der Waals surface area (Å²) >= 11 is 1.24. The highest BCUT2D eigenvalue weighted by molar-refractivity contribution is 7.00. The van der Waals surface area contributed by atoms with E-state index in [1.807, 2.05) is 48.5 Å². The molecule has 0 amide bonds. The molecule has 4 aromatic heterocycles. The molecule has 0 unspecified atom stereocenters. The van der Waals surface area contributed by atoms with E-state index in [2.05, 4.69) is 129 Å². The van der Waals surface area contributed by atoms with Gasteiger partial charge in [0.2, 0.25) is 0 Å². The van der Waals surface area contributed by atoms with Gasteiger partial charge in [0.15, 0.2) is 17.5 Å². The molecule has 7 aromatic carbocycles. The minimum absolute atomic E-state index is 0.600. The minimum atomic E-state index is 0.600. The molecule has 0 saturated heterocycles. The summed E-state index contributed by atoms with van der Waals surface area (Å²) in [4.78, 5) is 20.2. The van der Waals surface area contributed by atoms with Crippen LogP contribution in [-0.2, 0) is 0 Å². The van der Waals surface area contributed by atoms with Crippen molar-refractivity contribution in [2.45, 2.75) is 0 Å². The number of hydrogen-bond acceptors (Lipinski definition) is 7. The normalized spacial score (nSPS) is 11.7. The zero-order chi connectivity index (χ0) is 35.6. The lowest BCUT2D eigenvalue weighted by Gasteiger charge is -2.12. The van der Waals surface area contributed by atoms with Crippen LogP contribution >= 0.6 is 11.7 Å². The fourth-order valence-electron chi connectivity index (χ4n) is 7.59. The van der Waals surface area contributed by atoms with Crippen molar-refractivity contribution in [3.05, 3.63) is 164 Å². The maximum absolute atomic E-state index is 5.15. The number of benzene rings is 7. The molecule has 0 atom stereocenters. The number of nitrogens with zero attached hydrogens (tertiary/aromatic N) is 7. The van der Waals surface area contributed by atoms with Crippen LogP contribution in [0.4, 0.5) is 0 Å². The lowest BCUT2D eigenvalue weighted by atomic mass is 9.98. The maximum Gasteiger partial charge on any atom is 0.164 e. The molecule has 54 heavy (non-hydrogen) atoms. The van der Waals surface area contributed by atoms with E-state index in [0.29, 0.717) is 17.5 Å². The topological polar surface area (TPSA) is 82.3 Å². The van der Waals surface area contributed by atoms with Crippen LogP contribution in [0.25, 0.3) is 106 Å². The third-order valence-electron chi connectivity index (χ3n) is 10.1. The summed E-state index contributed by atoms with van der Waals surface area (Å²) in [6.45, 7) is 0. The first-order valence-corrected chi connectivity index (χ1v) is 18.4.